The molecule has 0 amide bonds. The first-order valence-corrected chi connectivity index (χ1v) is 6.03. The first kappa shape index (κ1) is 11.0. The maximum Gasteiger partial charge on any atom is 0.341 e. The van der Waals surface area contributed by atoms with Gasteiger partial charge in [0.1, 0.15) is 5.56 Å². The van der Waals surface area contributed by atoms with Crippen LogP contribution in [0, 0.1) is 0 Å². The summed E-state index contributed by atoms with van der Waals surface area (Å²) in [7, 11) is 0. The molecule has 0 radical (unpaired) electrons. The van der Waals surface area contributed by atoms with Gasteiger partial charge in [0.2, 0.25) is 0 Å². The smallest absolute Gasteiger partial charge is 0.341 e. The molecule has 2 aromatic heterocycles. The van der Waals surface area contributed by atoms with Gasteiger partial charge in [-0.1, -0.05) is 6.42 Å². The molecule has 6 heteroatoms. The van der Waals surface area contributed by atoms with E-state index in [0.717, 1.165) is 43.4 Å². The van der Waals surface area contributed by atoms with Crippen LogP contribution in [-0.2, 0) is 12.8 Å². The van der Waals surface area contributed by atoms with E-state index in [1.54, 1.807) is 4.52 Å². The van der Waals surface area contributed by atoms with E-state index < -0.39 is 5.97 Å². The van der Waals surface area contributed by atoms with E-state index in [0.29, 0.717) is 0 Å². The van der Waals surface area contributed by atoms with E-state index in [9.17, 15) is 9.59 Å². The van der Waals surface area contributed by atoms with Gasteiger partial charge >= 0.3 is 5.97 Å². The monoisotopic (exact) mass is 247 g/mol. The molecule has 0 saturated heterocycles. The van der Waals surface area contributed by atoms with Crippen molar-refractivity contribution in [3.8, 4) is 0 Å². The van der Waals surface area contributed by atoms with Crippen molar-refractivity contribution in [2.75, 3.05) is 0 Å². The van der Waals surface area contributed by atoms with Gasteiger partial charge in [-0.15, -0.1) is 0 Å². The number of aryl methyl sites for hydroxylation is 1. The quantitative estimate of drug-likeness (QED) is 0.735. The summed E-state index contributed by atoms with van der Waals surface area (Å²) < 4.78 is 1.57. The predicted octanol–water partition coefficient (Wildman–Crippen LogP) is 0.990. The normalized spacial score (nSPS) is 15.3. The third-order valence-corrected chi connectivity index (χ3v) is 3.45. The summed E-state index contributed by atoms with van der Waals surface area (Å²) >= 11 is 0. The van der Waals surface area contributed by atoms with Crippen molar-refractivity contribution in [1.82, 2.24) is 14.6 Å². The van der Waals surface area contributed by atoms with Crippen LogP contribution >= 0.6 is 0 Å². The van der Waals surface area contributed by atoms with Crippen molar-refractivity contribution in [2.45, 2.75) is 32.1 Å². The van der Waals surface area contributed by atoms with Crippen molar-refractivity contribution in [3.63, 3.8) is 0 Å². The molecule has 0 unspecified atom stereocenters. The molecule has 1 aliphatic carbocycles. The number of H-pyrrole nitrogens is 1. The fourth-order valence-corrected chi connectivity index (χ4v) is 2.56. The minimum Gasteiger partial charge on any atom is -0.477 e. The van der Waals surface area contributed by atoms with Crippen LogP contribution in [0.25, 0.3) is 5.65 Å². The lowest BCUT2D eigenvalue weighted by Gasteiger charge is -2.07. The number of carboxylic acids is 1. The van der Waals surface area contributed by atoms with Crippen LogP contribution in [0.1, 0.15) is 40.9 Å². The lowest BCUT2D eigenvalue weighted by molar-refractivity contribution is 0.0698. The number of aromatic nitrogens is 3. The molecule has 2 aromatic rings. The van der Waals surface area contributed by atoms with E-state index >= 15 is 0 Å². The highest BCUT2D eigenvalue weighted by Gasteiger charge is 2.20. The second-order valence-corrected chi connectivity index (χ2v) is 4.56. The third-order valence-electron chi connectivity index (χ3n) is 3.45. The van der Waals surface area contributed by atoms with Gasteiger partial charge in [0, 0.05) is 5.56 Å². The van der Waals surface area contributed by atoms with Gasteiger partial charge in [-0.25, -0.2) is 9.31 Å². The molecule has 2 N–H and O–H groups in total. The maximum atomic E-state index is 12.0. The molecule has 0 atom stereocenters. The number of fused-ring (bicyclic) bond motifs is 3. The molecular formula is C12H13N3O3. The zero-order chi connectivity index (χ0) is 12.7. The van der Waals surface area contributed by atoms with Gasteiger partial charge < -0.3 is 10.1 Å². The largest absolute Gasteiger partial charge is 0.477 e. The van der Waals surface area contributed by atoms with Crippen molar-refractivity contribution in [1.29, 1.82) is 0 Å². The Bertz CT molecular complexity index is 684. The summed E-state index contributed by atoms with van der Waals surface area (Å²) in [6.07, 6.45) is 5.89. The van der Waals surface area contributed by atoms with Crippen LogP contribution in [0.15, 0.2) is 11.0 Å². The zero-order valence-electron chi connectivity index (χ0n) is 9.77. The van der Waals surface area contributed by atoms with Gasteiger partial charge in [0.05, 0.1) is 11.9 Å². The Morgan fingerprint density at radius 1 is 1.33 bits per heavy atom. The van der Waals surface area contributed by atoms with Crippen LogP contribution in [0.5, 0.6) is 0 Å². The number of carbonyl (C=O) groups is 1. The average Bonchev–Trinajstić information content (AvgIpc) is 2.59. The summed E-state index contributed by atoms with van der Waals surface area (Å²) in [5, 5.41) is 13.1. The van der Waals surface area contributed by atoms with Crippen LogP contribution in [0.3, 0.4) is 0 Å². The number of aromatic carboxylic acids is 1. The van der Waals surface area contributed by atoms with Crippen LogP contribution in [0.2, 0.25) is 0 Å². The topological polar surface area (TPSA) is 87.5 Å². The van der Waals surface area contributed by atoms with Gasteiger partial charge in [-0.3, -0.25) is 4.79 Å². The minimum absolute atomic E-state index is 0.0409. The van der Waals surface area contributed by atoms with Crippen molar-refractivity contribution in [3.05, 3.63) is 33.4 Å². The maximum absolute atomic E-state index is 12.0. The van der Waals surface area contributed by atoms with E-state index in [4.69, 9.17) is 5.11 Å². The summed E-state index contributed by atoms with van der Waals surface area (Å²) in [5.41, 5.74) is 1.76. The highest BCUT2D eigenvalue weighted by molar-refractivity contribution is 5.94. The van der Waals surface area contributed by atoms with E-state index in [1.165, 1.54) is 6.20 Å². The predicted molar refractivity (Wildman–Crippen MR) is 64.0 cm³/mol. The van der Waals surface area contributed by atoms with E-state index in [-0.39, 0.29) is 16.8 Å². The fourth-order valence-electron chi connectivity index (χ4n) is 2.56. The van der Waals surface area contributed by atoms with Crippen LogP contribution < -0.4 is 5.56 Å². The number of nitrogens with zero attached hydrogens (tertiary/aromatic N) is 2. The van der Waals surface area contributed by atoms with Gasteiger partial charge in [0.25, 0.3) is 5.56 Å². The summed E-state index contributed by atoms with van der Waals surface area (Å²) in [6.45, 7) is 0. The molecule has 1 aliphatic rings. The molecule has 6 nitrogen and oxygen atoms in total. The number of rotatable bonds is 1. The van der Waals surface area contributed by atoms with Crippen molar-refractivity contribution < 1.29 is 9.90 Å². The molecule has 0 aliphatic heterocycles. The summed E-state index contributed by atoms with van der Waals surface area (Å²) in [6, 6.07) is 0. The Kier molecular flexibility index (Phi) is 2.43. The number of carboxylic acid groups (broad SMARTS) is 1. The van der Waals surface area contributed by atoms with Crippen molar-refractivity contribution >= 4 is 11.6 Å². The first-order chi connectivity index (χ1) is 8.68. The second-order valence-electron chi connectivity index (χ2n) is 4.56. The molecule has 0 bridgehead atoms. The van der Waals surface area contributed by atoms with Crippen LogP contribution in [0.4, 0.5) is 0 Å². The van der Waals surface area contributed by atoms with Gasteiger partial charge in [-0.2, -0.15) is 5.10 Å². The molecule has 0 saturated carbocycles. The molecule has 3 rings (SSSR count). The van der Waals surface area contributed by atoms with Crippen LogP contribution in [-0.4, -0.2) is 25.7 Å². The Morgan fingerprint density at radius 2 is 2.11 bits per heavy atom. The fraction of sp³-hybridized carbons (Fsp3) is 0.417. The number of aromatic amines is 1. The third kappa shape index (κ3) is 1.53. The Hall–Kier alpha value is -2.11. The molecule has 18 heavy (non-hydrogen) atoms. The highest BCUT2D eigenvalue weighted by Crippen LogP contribution is 2.19. The van der Waals surface area contributed by atoms with Crippen molar-refractivity contribution in [2.24, 2.45) is 0 Å². The zero-order valence-corrected chi connectivity index (χ0v) is 9.77. The van der Waals surface area contributed by atoms with Gasteiger partial charge in [0.15, 0.2) is 5.65 Å². The minimum atomic E-state index is -1.07. The van der Waals surface area contributed by atoms with Gasteiger partial charge in [-0.05, 0) is 25.7 Å². The Morgan fingerprint density at radius 3 is 2.89 bits per heavy atom. The highest BCUT2D eigenvalue weighted by atomic mass is 16.4. The molecule has 0 spiro atoms. The number of hydrogen-bond donors (Lipinski definition) is 2. The standard InChI is InChI=1S/C12H13N3O3/c16-11-7-4-2-1-3-5-9(7)15-10(14-11)8(6-13-15)12(17)18/h6H,1-5H2,(H,14,16)(H,17,18). The number of hydrogen-bond acceptors (Lipinski definition) is 3. The SMILES string of the molecule is O=C(O)c1cnn2c3c(c(=O)[nH]c12)CCCCC3. The lowest BCUT2D eigenvalue weighted by Crippen LogP contribution is -2.20. The molecule has 0 aromatic carbocycles. The number of nitrogens with one attached hydrogen (secondary N) is 1. The van der Waals surface area contributed by atoms with E-state index in [1.807, 2.05) is 0 Å². The lowest BCUT2D eigenvalue weighted by atomic mass is 10.1. The second kappa shape index (κ2) is 3.97. The molecule has 2 heterocycles. The summed E-state index contributed by atoms with van der Waals surface area (Å²) in [4.78, 5) is 25.7. The first-order valence-electron chi connectivity index (χ1n) is 6.03. The molecule has 0 fully saturated rings. The van der Waals surface area contributed by atoms with E-state index in [2.05, 4.69) is 10.1 Å². The molecule has 94 valence electrons. The summed E-state index contributed by atoms with van der Waals surface area (Å²) in [5.74, 6) is -1.07. The Labute approximate surface area is 102 Å². The molecular weight excluding hydrogens is 234 g/mol. The Balaban J connectivity index is 2.35. The average molecular weight is 247 g/mol.